The molecule has 0 spiro atoms. The summed E-state index contributed by atoms with van der Waals surface area (Å²) < 4.78 is 16.1. The third-order valence-electron chi connectivity index (χ3n) is 5.87. The topological polar surface area (TPSA) is 59.0 Å². The second kappa shape index (κ2) is 9.27. The number of rotatable bonds is 5. The van der Waals surface area contributed by atoms with Crippen LogP contribution >= 0.6 is 15.9 Å². The van der Waals surface area contributed by atoms with Crippen LogP contribution in [0.3, 0.4) is 0 Å². The molecule has 0 unspecified atom stereocenters. The second-order valence-corrected chi connectivity index (χ2v) is 8.98. The van der Waals surface area contributed by atoms with Crippen molar-refractivity contribution in [1.29, 1.82) is 0 Å². The predicted octanol–water partition coefficient (Wildman–Crippen LogP) is 6.66. The normalized spacial score (nSPS) is 14.7. The molecule has 0 radical (unpaired) electrons. The van der Waals surface area contributed by atoms with Crippen LogP contribution in [0.2, 0.25) is 0 Å². The summed E-state index contributed by atoms with van der Waals surface area (Å²) in [6.07, 6.45) is 4.64. The summed E-state index contributed by atoms with van der Waals surface area (Å²) in [5, 5.41) is 10.8. The van der Waals surface area contributed by atoms with Crippen LogP contribution in [-0.2, 0) is 6.42 Å². The Bertz CT molecular complexity index is 1360. The molecule has 2 heterocycles. The molecule has 3 aromatic carbocycles. The third kappa shape index (κ3) is 4.39. The summed E-state index contributed by atoms with van der Waals surface area (Å²) in [6.45, 7) is 2.13. The molecule has 1 aromatic heterocycles. The van der Waals surface area contributed by atoms with Crippen LogP contribution in [-0.4, -0.2) is 15.7 Å². The van der Waals surface area contributed by atoms with Crippen LogP contribution < -0.4 is 10.6 Å². The molecular weight excluding hydrogens is 495 g/mol. The lowest BCUT2D eigenvalue weighted by atomic mass is 10.00. The first-order valence-electron chi connectivity index (χ1n) is 11.0. The molecule has 5 rings (SSSR count). The van der Waals surface area contributed by atoms with Gasteiger partial charge in [-0.25, -0.2) is 9.07 Å². The summed E-state index contributed by atoms with van der Waals surface area (Å²) in [7, 11) is 0. The van der Waals surface area contributed by atoms with E-state index in [1.54, 1.807) is 6.20 Å². The van der Waals surface area contributed by atoms with E-state index in [0.717, 1.165) is 27.7 Å². The highest BCUT2D eigenvalue weighted by Crippen LogP contribution is 2.36. The fraction of sp³-hybridized carbons (Fsp3) is 0.111. The van der Waals surface area contributed by atoms with E-state index in [1.807, 2.05) is 28.9 Å². The molecule has 1 aliphatic rings. The molecule has 170 valence electrons. The average Bonchev–Trinajstić information content (AvgIpc) is 3.30. The van der Waals surface area contributed by atoms with Crippen molar-refractivity contribution >= 4 is 39.0 Å². The number of anilines is 2. The van der Waals surface area contributed by atoms with Gasteiger partial charge in [0.05, 0.1) is 12.2 Å². The smallest absolute Gasteiger partial charge is 0.261 e. The third-order valence-corrected chi connectivity index (χ3v) is 6.40. The molecule has 0 aliphatic carbocycles. The number of benzene rings is 3. The van der Waals surface area contributed by atoms with Crippen molar-refractivity contribution in [3.05, 3.63) is 118 Å². The van der Waals surface area contributed by atoms with Gasteiger partial charge in [0.1, 0.15) is 17.2 Å². The number of hydrogen-bond acceptors (Lipinski definition) is 3. The molecule has 34 heavy (non-hydrogen) atoms. The standard InChI is InChI=1S/C27H22BrFN4O/c1-2-17-3-5-18(6-4-17)24-15-25(19-7-9-20(28)10-8-19)33-26(32-24)23(16-30-33)27(34)31-22-13-11-21(29)12-14-22/h3-16,25,32H,2H2,1H3,(H,31,34)/t25-/m0/s1. The molecule has 0 saturated carbocycles. The highest BCUT2D eigenvalue weighted by atomic mass is 79.9. The number of aryl methyl sites for hydroxylation is 1. The van der Waals surface area contributed by atoms with Gasteiger partial charge in [-0.05, 0) is 65.6 Å². The number of nitrogens with one attached hydrogen (secondary N) is 2. The van der Waals surface area contributed by atoms with Crippen molar-refractivity contribution in [1.82, 2.24) is 9.78 Å². The summed E-state index contributed by atoms with van der Waals surface area (Å²) >= 11 is 3.50. The Morgan fingerprint density at radius 1 is 1.06 bits per heavy atom. The second-order valence-electron chi connectivity index (χ2n) is 8.06. The molecule has 4 aromatic rings. The zero-order valence-corrected chi connectivity index (χ0v) is 20.0. The van der Waals surface area contributed by atoms with Crippen LogP contribution in [0, 0.1) is 5.82 Å². The predicted molar refractivity (Wildman–Crippen MR) is 136 cm³/mol. The van der Waals surface area contributed by atoms with Gasteiger partial charge >= 0.3 is 0 Å². The van der Waals surface area contributed by atoms with Gasteiger partial charge in [-0.3, -0.25) is 4.79 Å². The number of hydrogen-bond donors (Lipinski definition) is 2. The summed E-state index contributed by atoms with van der Waals surface area (Å²) in [5.41, 5.74) is 5.15. The number of fused-ring (bicyclic) bond motifs is 1. The van der Waals surface area contributed by atoms with Crippen molar-refractivity contribution < 1.29 is 9.18 Å². The van der Waals surface area contributed by atoms with Crippen molar-refractivity contribution in [2.45, 2.75) is 19.4 Å². The molecule has 1 aliphatic heterocycles. The largest absolute Gasteiger partial charge is 0.339 e. The Kier molecular flexibility index (Phi) is 6.02. The molecule has 0 bridgehead atoms. The average molecular weight is 517 g/mol. The molecule has 0 fully saturated rings. The number of aromatic nitrogens is 2. The monoisotopic (exact) mass is 516 g/mol. The van der Waals surface area contributed by atoms with Crippen LogP contribution in [0.25, 0.3) is 5.70 Å². The molecule has 5 nitrogen and oxygen atoms in total. The molecule has 1 atom stereocenters. The lowest BCUT2D eigenvalue weighted by molar-refractivity contribution is 0.102. The van der Waals surface area contributed by atoms with Crippen LogP contribution in [0.5, 0.6) is 0 Å². The van der Waals surface area contributed by atoms with Crippen LogP contribution in [0.1, 0.15) is 40.0 Å². The number of nitrogens with zero attached hydrogens (tertiary/aromatic N) is 2. The number of allylic oxidation sites excluding steroid dienone is 1. The lowest BCUT2D eigenvalue weighted by Crippen LogP contribution is -2.22. The minimum atomic E-state index is -0.358. The maximum absolute atomic E-state index is 13.3. The Labute approximate surface area is 205 Å². The summed E-state index contributed by atoms with van der Waals surface area (Å²) in [5.74, 6) is -0.0779. The zero-order chi connectivity index (χ0) is 23.7. The minimum Gasteiger partial charge on any atom is -0.339 e. The Morgan fingerprint density at radius 2 is 1.76 bits per heavy atom. The van der Waals surface area contributed by atoms with Crippen LogP contribution in [0.4, 0.5) is 15.9 Å². The molecule has 2 N–H and O–H groups in total. The maximum atomic E-state index is 13.3. The minimum absolute atomic E-state index is 0.197. The number of amides is 1. The van der Waals surface area contributed by atoms with E-state index in [1.165, 1.54) is 29.8 Å². The van der Waals surface area contributed by atoms with E-state index >= 15 is 0 Å². The molecular formula is C27H22BrFN4O. The Hall–Kier alpha value is -3.71. The van der Waals surface area contributed by atoms with Gasteiger partial charge in [0.25, 0.3) is 5.91 Å². The number of halogens is 2. The Balaban J connectivity index is 1.54. The SMILES string of the molecule is CCc1ccc(C2=C[C@@H](c3ccc(Br)cc3)n3ncc(C(=O)Nc4ccc(F)cc4)c3N2)cc1. The van der Waals surface area contributed by atoms with Crippen molar-refractivity contribution in [3.63, 3.8) is 0 Å². The fourth-order valence-corrected chi connectivity index (χ4v) is 4.24. The summed E-state index contributed by atoms with van der Waals surface area (Å²) in [6, 6.07) is 21.9. The quantitative estimate of drug-likeness (QED) is 0.312. The van der Waals surface area contributed by atoms with E-state index in [9.17, 15) is 9.18 Å². The van der Waals surface area contributed by atoms with Gasteiger partial charge in [-0.1, -0.05) is 59.3 Å². The number of carbonyl (C=O) groups excluding carboxylic acids is 1. The first kappa shape index (κ1) is 22.1. The van der Waals surface area contributed by atoms with Gasteiger partial charge < -0.3 is 10.6 Å². The Morgan fingerprint density at radius 3 is 2.44 bits per heavy atom. The summed E-state index contributed by atoms with van der Waals surface area (Å²) in [4.78, 5) is 13.1. The van der Waals surface area contributed by atoms with E-state index in [2.05, 4.69) is 68.9 Å². The first-order valence-corrected chi connectivity index (χ1v) is 11.8. The van der Waals surface area contributed by atoms with E-state index in [0.29, 0.717) is 17.1 Å². The first-order chi connectivity index (χ1) is 16.5. The van der Waals surface area contributed by atoms with Crippen molar-refractivity contribution in [3.8, 4) is 0 Å². The van der Waals surface area contributed by atoms with Crippen molar-refractivity contribution in [2.24, 2.45) is 0 Å². The lowest BCUT2D eigenvalue weighted by Gasteiger charge is -2.26. The van der Waals surface area contributed by atoms with E-state index < -0.39 is 0 Å². The van der Waals surface area contributed by atoms with E-state index in [4.69, 9.17) is 0 Å². The molecule has 7 heteroatoms. The maximum Gasteiger partial charge on any atom is 0.261 e. The molecule has 1 amide bonds. The molecule has 0 saturated heterocycles. The van der Waals surface area contributed by atoms with E-state index in [-0.39, 0.29) is 17.8 Å². The number of carbonyl (C=O) groups is 1. The fourth-order valence-electron chi connectivity index (χ4n) is 3.98. The van der Waals surface area contributed by atoms with Gasteiger partial charge in [0.15, 0.2) is 0 Å². The van der Waals surface area contributed by atoms with Crippen molar-refractivity contribution in [2.75, 3.05) is 10.6 Å². The van der Waals surface area contributed by atoms with Gasteiger partial charge in [-0.2, -0.15) is 5.10 Å². The van der Waals surface area contributed by atoms with Gasteiger partial charge in [0, 0.05) is 15.9 Å². The van der Waals surface area contributed by atoms with Crippen LogP contribution in [0.15, 0.2) is 89.5 Å². The highest BCUT2D eigenvalue weighted by Gasteiger charge is 2.28. The van der Waals surface area contributed by atoms with Gasteiger partial charge in [0.2, 0.25) is 0 Å². The highest BCUT2D eigenvalue weighted by molar-refractivity contribution is 9.10. The zero-order valence-electron chi connectivity index (χ0n) is 18.4. The van der Waals surface area contributed by atoms with Gasteiger partial charge in [-0.15, -0.1) is 0 Å².